The number of anilines is 1. The van der Waals surface area contributed by atoms with E-state index in [9.17, 15) is 4.79 Å². The Morgan fingerprint density at radius 2 is 1.71 bits per heavy atom. The van der Waals surface area contributed by atoms with Gasteiger partial charge in [-0.25, -0.2) is 0 Å². The molecule has 0 unspecified atom stereocenters. The van der Waals surface area contributed by atoms with Crippen molar-refractivity contribution in [3.8, 4) is 16.4 Å². The SMILES string of the molecule is Cc1nc(-c2cc(NC(=O)c3ccc(-n4c(C)ccc4C)cc3)c(C)s2)no1. The van der Waals surface area contributed by atoms with Gasteiger partial charge in [0.15, 0.2) is 0 Å². The second-order valence-corrected chi connectivity index (χ2v) is 7.93. The van der Waals surface area contributed by atoms with Crippen LogP contribution in [-0.4, -0.2) is 20.6 Å². The number of hydrogen-bond donors (Lipinski definition) is 1. The zero-order valence-electron chi connectivity index (χ0n) is 16.1. The summed E-state index contributed by atoms with van der Waals surface area (Å²) in [4.78, 5) is 18.8. The monoisotopic (exact) mass is 392 g/mol. The number of nitrogens with zero attached hydrogens (tertiary/aromatic N) is 3. The molecule has 0 aliphatic rings. The third-order valence-corrected chi connectivity index (χ3v) is 5.62. The molecule has 0 atom stereocenters. The number of rotatable bonds is 4. The first-order valence-electron chi connectivity index (χ1n) is 8.90. The Bertz CT molecular complexity index is 1130. The van der Waals surface area contributed by atoms with Crippen molar-refractivity contribution in [2.24, 2.45) is 0 Å². The first-order chi connectivity index (χ1) is 13.4. The van der Waals surface area contributed by atoms with E-state index < -0.39 is 0 Å². The van der Waals surface area contributed by atoms with Gasteiger partial charge in [0, 0.05) is 34.4 Å². The van der Waals surface area contributed by atoms with Crippen molar-refractivity contribution in [3.63, 3.8) is 0 Å². The molecule has 6 nitrogen and oxygen atoms in total. The van der Waals surface area contributed by atoms with Crippen molar-refractivity contribution in [1.29, 1.82) is 0 Å². The molecule has 4 rings (SSSR count). The number of hydrogen-bond acceptors (Lipinski definition) is 5. The summed E-state index contributed by atoms with van der Waals surface area (Å²) in [7, 11) is 0. The molecular formula is C21H20N4O2S. The molecule has 1 amide bonds. The van der Waals surface area contributed by atoms with Gasteiger partial charge in [0.05, 0.1) is 10.6 Å². The van der Waals surface area contributed by atoms with E-state index in [1.165, 1.54) is 11.3 Å². The maximum atomic E-state index is 12.7. The molecule has 0 spiro atoms. The van der Waals surface area contributed by atoms with Crippen molar-refractivity contribution in [1.82, 2.24) is 14.7 Å². The normalized spacial score (nSPS) is 11.0. The Balaban J connectivity index is 1.53. The van der Waals surface area contributed by atoms with Gasteiger partial charge in [-0.15, -0.1) is 11.3 Å². The highest BCUT2D eigenvalue weighted by Crippen LogP contribution is 2.33. The summed E-state index contributed by atoms with van der Waals surface area (Å²) in [6.45, 7) is 7.84. The summed E-state index contributed by atoms with van der Waals surface area (Å²) in [5.74, 6) is 0.900. The highest BCUT2D eigenvalue weighted by molar-refractivity contribution is 7.16. The molecule has 0 aliphatic carbocycles. The minimum atomic E-state index is -0.149. The second kappa shape index (κ2) is 7.09. The van der Waals surface area contributed by atoms with Crippen molar-refractivity contribution < 1.29 is 9.32 Å². The molecular weight excluding hydrogens is 372 g/mol. The largest absolute Gasteiger partial charge is 0.339 e. The van der Waals surface area contributed by atoms with E-state index in [2.05, 4.69) is 46.0 Å². The van der Waals surface area contributed by atoms with Crippen LogP contribution in [0.4, 0.5) is 5.69 Å². The van der Waals surface area contributed by atoms with Crippen LogP contribution in [0.5, 0.6) is 0 Å². The first-order valence-corrected chi connectivity index (χ1v) is 9.72. The number of aromatic nitrogens is 3. The summed E-state index contributed by atoms with van der Waals surface area (Å²) in [5.41, 5.74) is 4.72. The topological polar surface area (TPSA) is 73.0 Å². The van der Waals surface area contributed by atoms with Crippen molar-refractivity contribution in [2.45, 2.75) is 27.7 Å². The molecule has 4 aromatic rings. The maximum absolute atomic E-state index is 12.7. The molecule has 7 heteroatoms. The molecule has 1 N–H and O–H groups in total. The number of aryl methyl sites for hydroxylation is 4. The molecule has 0 saturated heterocycles. The highest BCUT2D eigenvalue weighted by atomic mass is 32.1. The van der Waals surface area contributed by atoms with E-state index in [1.54, 1.807) is 6.92 Å². The fourth-order valence-electron chi connectivity index (χ4n) is 3.15. The Hall–Kier alpha value is -3.19. The zero-order valence-corrected chi connectivity index (χ0v) is 16.9. The lowest BCUT2D eigenvalue weighted by Gasteiger charge is -2.10. The predicted octanol–water partition coefficient (Wildman–Crippen LogP) is 5.07. The fourth-order valence-corrected chi connectivity index (χ4v) is 4.05. The molecule has 3 heterocycles. The van der Waals surface area contributed by atoms with E-state index in [1.807, 2.05) is 37.3 Å². The lowest BCUT2D eigenvalue weighted by Crippen LogP contribution is -2.12. The standard InChI is InChI=1S/C21H20N4O2S/c1-12-5-6-13(2)25(12)17-9-7-16(8-10-17)21(26)23-18-11-19(28-14(18)3)20-22-15(4)27-24-20/h5-11H,1-4H3,(H,23,26). The van der Waals surface area contributed by atoms with Crippen LogP contribution in [-0.2, 0) is 0 Å². The van der Waals surface area contributed by atoms with Gasteiger partial charge in [-0.05, 0) is 63.2 Å². The smallest absolute Gasteiger partial charge is 0.255 e. The Morgan fingerprint density at radius 3 is 2.32 bits per heavy atom. The van der Waals surface area contributed by atoms with Crippen molar-refractivity contribution in [3.05, 3.63) is 70.2 Å². The summed E-state index contributed by atoms with van der Waals surface area (Å²) in [5, 5.41) is 6.91. The van der Waals surface area contributed by atoms with Crippen LogP contribution in [0.25, 0.3) is 16.4 Å². The number of nitrogens with one attached hydrogen (secondary N) is 1. The third kappa shape index (κ3) is 3.36. The first kappa shape index (κ1) is 18.2. The molecule has 142 valence electrons. The highest BCUT2D eigenvalue weighted by Gasteiger charge is 2.15. The van der Waals surface area contributed by atoms with Crippen LogP contribution in [0.15, 0.2) is 47.0 Å². The molecule has 0 aliphatic heterocycles. The number of carbonyl (C=O) groups excluding carboxylic acids is 1. The minimum Gasteiger partial charge on any atom is -0.339 e. The number of carbonyl (C=O) groups is 1. The van der Waals surface area contributed by atoms with Crippen LogP contribution in [0.1, 0.15) is 32.5 Å². The van der Waals surface area contributed by atoms with Crippen LogP contribution in [0.3, 0.4) is 0 Å². The van der Waals surface area contributed by atoms with E-state index in [0.717, 1.165) is 32.5 Å². The summed E-state index contributed by atoms with van der Waals surface area (Å²) < 4.78 is 7.19. The van der Waals surface area contributed by atoms with Gasteiger partial charge in [0.2, 0.25) is 11.7 Å². The average molecular weight is 392 g/mol. The Labute approximate surface area is 166 Å². The van der Waals surface area contributed by atoms with Gasteiger partial charge in [0.25, 0.3) is 5.91 Å². The van der Waals surface area contributed by atoms with E-state index in [0.29, 0.717) is 17.3 Å². The second-order valence-electron chi connectivity index (χ2n) is 6.67. The van der Waals surface area contributed by atoms with Gasteiger partial charge in [-0.1, -0.05) is 5.16 Å². The lowest BCUT2D eigenvalue weighted by molar-refractivity contribution is 0.102. The number of thiophene rings is 1. The quantitative estimate of drug-likeness (QED) is 0.526. The molecule has 1 aromatic carbocycles. The molecule has 3 aromatic heterocycles. The van der Waals surface area contributed by atoms with Gasteiger partial charge in [-0.2, -0.15) is 4.98 Å². The van der Waals surface area contributed by atoms with Crippen molar-refractivity contribution >= 4 is 22.9 Å². The van der Waals surface area contributed by atoms with E-state index in [4.69, 9.17) is 4.52 Å². The summed E-state index contributed by atoms with van der Waals surface area (Å²) in [6, 6.07) is 13.6. The average Bonchev–Trinajstić information content (AvgIpc) is 3.35. The number of amides is 1. The zero-order chi connectivity index (χ0) is 19.8. The Kier molecular flexibility index (Phi) is 4.60. The van der Waals surface area contributed by atoms with Gasteiger partial charge in [-0.3, -0.25) is 4.79 Å². The molecule has 0 fully saturated rings. The fraction of sp³-hybridized carbons (Fsp3) is 0.190. The van der Waals surface area contributed by atoms with Crippen LogP contribution in [0.2, 0.25) is 0 Å². The lowest BCUT2D eigenvalue weighted by atomic mass is 10.2. The molecule has 28 heavy (non-hydrogen) atoms. The van der Waals surface area contributed by atoms with E-state index in [-0.39, 0.29) is 5.91 Å². The maximum Gasteiger partial charge on any atom is 0.255 e. The molecule has 0 radical (unpaired) electrons. The minimum absolute atomic E-state index is 0.149. The number of benzene rings is 1. The van der Waals surface area contributed by atoms with Gasteiger partial charge in [0.1, 0.15) is 0 Å². The van der Waals surface area contributed by atoms with Gasteiger partial charge < -0.3 is 14.4 Å². The van der Waals surface area contributed by atoms with Gasteiger partial charge >= 0.3 is 0 Å². The van der Waals surface area contributed by atoms with Crippen LogP contribution >= 0.6 is 11.3 Å². The third-order valence-electron chi connectivity index (χ3n) is 4.57. The van der Waals surface area contributed by atoms with Crippen molar-refractivity contribution in [2.75, 3.05) is 5.32 Å². The summed E-state index contributed by atoms with van der Waals surface area (Å²) >= 11 is 1.52. The van der Waals surface area contributed by atoms with E-state index >= 15 is 0 Å². The predicted molar refractivity (Wildman–Crippen MR) is 110 cm³/mol. The molecule has 0 bridgehead atoms. The molecule has 0 saturated carbocycles. The Morgan fingerprint density at radius 1 is 1.04 bits per heavy atom. The van der Waals surface area contributed by atoms with Crippen LogP contribution < -0.4 is 5.32 Å². The van der Waals surface area contributed by atoms with Crippen LogP contribution in [0, 0.1) is 27.7 Å². The summed E-state index contributed by atoms with van der Waals surface area (Å²) in [6.07, 6.45) is 0.